The van der Waals surface area contributed by atoms with Gasteiger partial charge in [0.15, 0.2) is 0 Å². The maximum Gasteiger partial charge on any atom is 0.258 e. The number of pyridine rings is 1. The fraction of sp³-hybridized carbons (Fsp3) is 0.105. The number of aromatic nitrogens is 5. The highest BCUT2D eigenvalue weighted by atomic mass is 16.5. The van der Waals surface area contributed by atoms with Crippen molar-refractivity contribution in [2.75, 3.05) is 5.32 Å². The molecule has 4 rings (SSSR count). The zero-order chi connectivity index (χ0) is 17.9. The van der Waals surface area contributed by atoms with E-state index in [0.29, 0.717) is 17.7 Å². The van der Waals surface area contributed by atoms with E-state index in [1.807, 2.05) is 56.3 Å². The summed E-state index contributed by atoms with van der Waals surface area (Å²) in [6.45, 7) is 3.85. The second kappa shape index (κ2) is 6.72. The van der Waals surface area contributed by atoms with E-state index >= 15 is 0 Å². The van der Waals surface area contributed by atoms with Crippen LogP contribution in [0.25, 0.3) is 22.8 Å². The molecule has 1 aromatic carbocycles. The van der Waals surface area contributed by atoms with Gasteiger partial charge in [0.25, 0.3) is 5.89 Å². The van der Waals surface area contributed by atoms with Gasteiger partial charge in [0.1, 0.15) is 0 Å². The molecule has 0 bridgehead atoms. The molecule has 0 aliphatic rings. The third-order valence-electron chi connectivity index (χ3n) is 3.76. The number of nitrogens with one attached hydrogen (secondary N) is 1. The minimum atomic E-state index is 0.439. The molecule has 0 spiro atoms. The van der Waals surface area contributed by atoms with Gasteiger partial charge < -0.3 is 9.84 Å². The van der Waals surface area contributed by atoms with E-state index in [4.69, 9.17) is 4.52 Å². The van der Waals surface area contributed by atoms with Crippen molar-refractivity contribution in [3.63, 3.8) is 0 Å². The predicted octanol–water partition coefficient (Wildman–Crippen LogP) is 3.95. The molecule has 0 radical (unpaired) electrons. The SMILES string of the molecule is Cc1ccc(-c2noc(-c3cccc(Nc4nccc(C)n4)c3)n2)cn1. The fourth-order valence-electron chi connectivity index (χ4n) is 2.43. The molecule has 0 aliphatic carbocycles. The summed E-state index contributed by atoms with van der Waals surface area (Å²) in [6, 6.07) is 13.3. The Labute approximate surface area is 150 Å². The highest BCUT2D eigenvalue weighted by Crippen LogP contribution is 2.25. The molecule has 4 aromatic rings. The molecule has 0 aliphatic heterocycles. The summed E-state index contributed by atoms with van der Waals surface area (Å²) < 4.78 is 5.41. The van der Waals surface area contributed by atoms with Gasteiger partial charge in [-0.2, -0.15) is 4.98 Å². The molecule has 3 heterocycles. The van der Waals surface area contributed by atoms with E-state index < -0.39 is 0 Å². The smallest absolute Gasteiger partial charge is 0.258 e. The maximum absolute atomic E-state index is 5.41. The van der Waals surface area contributed by atoms with Crippen LogP contribution in [0.2, 0.25) is 0 Å². The van der Waals surface area contributed by atoms with Gasteiger partial charge in [-0.1, -0.05) is 11.2 Å². The average Bonchev–Trinajstić information content (AvgIpc) is 3.13. The topological polar surface area (TPSA) is 89.6 Å². The molecule has 1 N–H and O–H groups in total. The highest BCUT2D eigenvalue weighted by Gasteiger charge is 2.11. The van der Waals surface area contributed by atoms with Crippen LogP contribution in [0.1, 0.15) is 11.4 Å². The average molecular weight is 344 g/mol. The van der Waals surface area contributed by atoms with Crippen molar-refractivity contribution in [3.8, 4) is 22.8 Å². The predicted molar refractivity (Wildman–Crippen MR) is 97.8 cm³/mol. The summed E-state index contributed by atoms with van der Waals surface area (Å²) in [5, 5.41) is 7.22. The summed E-state index contributed by atoms with van der Waals surface area (Å²) >= 11 is 0. The first-order chi connectivity index (χ1) is 12.7. The van der Waals surface area contributed by atoms with Gasteiger partial charge in [-0.25, -0.2) is 9.97 Å². The molecule has 0 atom stereocenters. The lowest BCUT2D eigenvalue weighted by atomic mass is 10.2. The number of hydrogen-bond acceptors (Lipinski definition) is 7. The third-order valence-corrected chi connectivity index (χ3v) is 3.76. The maximum atomic E-state index is 5.41. The first-order valence-electron chi connectivity index (χ1n) is 8.11. The zero-order valence-electron chi connectivity index (χ0n) is 14.3. The van der Waals surface area contributed by atoms with Crippen LogP contribution in [0.5, 0.6) is 0 Å². The van der Waals surface area contributed by atoms with Crippen molar-refractivity contribution in [1.82, 2.24) is 25.1 Å². The summed E-state index contributed by atoms with van der Waals surface area (Å²) in [6.07, 6.45) is 3.45. The summed E-state index contributed by atoms with van der Waals surface area (Å²) in [5.74, 6) is 1.49. The molecule has 0 unspecified atom stereocenters. The van der Waals surface area contributed by atoms with E-state index in [1.165, 1.54) is 0 Å². The Morgan fingerprint density at radius 2 is 1.81 bits per heavy atom. The zero-order valence-corrected chi connectivity index (χ0v) is 14.3. The summed E-state index contributed by atoms with van der Waals surface area (Å²) in [5.41, 5.74) is 4.29. The van der Waals surface area contributed by atoms with Crippen molar-refractivity contribution in [2.45, 2.75) is 13.8 Å². The van der Waals surface area contributed by atoms with Crippen molar-refractivity contribution >= 4 is 11.6 Å². The Kier molecular flexibility index (Phi) is 4.10. The number of rotatable bonds is 4. The van der Waals surface area contributed by atoms with Crippen LogP contribution in [-0.2, 0) is 0 Å². The van der Waals surface area contributed by atoms with E-state index in [0.717, 1.165) is 28.2 Å². The highest BCUT2D eigenvalue weighted by molar-refractivity contribution is 5.65. The normalized spacial score (nSPS) is 10.7. The lowest BCUT2D eigenvalue weighted by Crippen LogP contribution is -1.97. The van der Waals surface area contributed by atoms with E-state index in [-0.39, 0.29) is 0 Å². The van der Waals surface area contributed by atoms with Crippen LogP contribution in [0.4, 0.5) is 11.6 Å². The van der Waals surface area contributed by atoms with Crippen LogP contribution in [-0.4, -0.2) is 25.1 Å². The molecular formula is C19H16N6O. The number of aryl methyl sites for hydroxylation is 2. The van der Waals surface area contributed by atoms with E-state index in [9.17, 15) is 0 Å². The lowest BCUT2D eigenvalue weighted by molar-refractivity contribution is 0.432. The molecule has 0 saturated carbocycles. The van der Waals surface area contributed by atoms with Gasteiger partial charge in [0.05, 0.1) is 0 Å². The number of nitrogens with zero attached hydrogens (tertiary/aromatic N) is 5. The van der Waals surface area contributed by atoms with E-state index in [1.54, 1.807) is 12.4 Å². The summed E-state index contributed by atoms with van der Waals surface area (Å²) in [4.78, 5) is 17.3. The Hall–Kier alpha value is -3.61. The van der Waals surface area contributed by atoms with Gasteiger partial charge in [-0.3, -0.25) is 4.98 Å². The molecule has 0 fully saturated rings. The largest absolute Gasteiger partial charge is 0.334 e. The Morgan fingerprint density at radius 3 is 2.62 bits per heavy atom. The van der Waals surface area contributed by atoms with Gasteiger partial charge >= 0.3 is 0 Å². The third kappa shape index (κ3) is 3.41. The minimum Gasteiger partial charge on any atom is -0.334 e. The quantitative estimate of drug-likeness (QED) is 0.599. The van der Waals surface area contributed by atoms with Crippen LogP contribution in [0.15, 0.2) is 59.4 Å². The first kappa shape index (κ1) is 15.9. The van der Waals surface area contributed by atoms with E-state index in [2.05, 4.69) is 30.4 Å². The number of anilines is 2. The number of benzene rings is 1. The van der Waals surface area contributed by atoms with Crippen molar-refractivity contribution in [1.29, 1.82) is 0 Å². The molecular weight excluding hydrogens is 328 g/mol. The van der Waals surface area contributed by atoms with Crippen LogP contribution < -0.4 is 5.32 Å². The Bertz CT molecular complexity index is 1040. The molecule has 7 heteroatoms. The molecule has 0 saturated heterocycles. The molecule has 26 heavy (non-hydrogen) atoms. The Morgan fingerprint density at radius 1 is 0.885 bits per heavy atom. The Balaban J connectivity index is 1.59. The van der Waals surface area contributed by atoms with Gasteiger partial charge in [-0.15, -0.1) is 0 Å². The molecule has 7 nitrogen and oxygen atoms in total. The summed E-state index contributed by atoms with van der Waals surface area (Å²) in [7, 11) is 0. The molecule has 128 valence electrons. The second-order valence-corrected chi connectivity index (χ2v) is 5.84. The van der Waals surface area contributed by atoms with Crippen LogP contribution in [0, 0.1) is 13.8 Å². The van der Waals surface area contributed by atoms with Crippen molar-refractivity contribution in [2.24, 2.45) is 0 Å². The van der Waals surface area contributed by atoms with Crippen molar-refractivity contribution < 1.29 is 4.52 Å². The second-order valence-electron chi connectivity index (χ2n) is 5.84. The van der Waals surface area contributed by atoms with Crippen LogP contribution in [0.3, 0.4) is 0 Å². The monoisotopic (exact) mass is 344 g/mol. The van der Waals surface area contributed by atoms with Crippen molar-refractivity contribution in [3.05, 3.63) is 66.2 Å². The first-order valence-corrected chi connectivity index (χ1v) is 8.11. The number of hydrogen-bond donors (Lipinski definition) is 1. The molecule has 3 aromatic heterocycles. The lowest BCUT2D eigenvalue weighted by Gasteiger charge is -2.05. The van der Waals surface area contributed by atoms with Crippen LogP contribution >= 0.6 is 0 Å². The fourth-order valence-corrected chi connectivity index (χ4v) is 2.43. The minimum absolute atomic E-state index is 0.439. The van der Waals surface area contributed by atoms with Gasteiger partial charge in [-0.05, 0) is 50.2 Å². The standard InChI is InChI=1S/C19H16N6O/c1-12-6-7-15(11-21-12)17-24-18(26-25-17)14-4-3-5-16(10-14)23-19-20-9-8-13(2)22-19/h3-11H,1-2H3,(H,20,22,23). The van der Waals surface area contributed by atoms with Gasteiger partial charge in [0.2, 0.25) is 11.8 Å². The molecule has 0 amide bonds. The van der Waals surface area contributed by atoms with Gasteiger partial charge in [0, 0.05) is 40.6 Å².